The zero-order valence-electron chi connectivity index (χ0n) is 82.1. The van der Waals surface area contributed by atoms with Crippen LogP contribution in [0.2, 0.25) is 0 Å². The predicted octanol–water partition coefficient (Wildman–Crippen LogP) is -13.0. The number of carbonyl (C=O) groups is 18. The van der Waals surface area contributed by atoms with Gasteiger partial charge in [0.2, 0.25) is 94.5 Å². The van der Waals surface area contributed by atoms with Crippen LogP contribution in [0.15, 0.2) is 0 Å². The minimum Gasteiger partial charge on any atom is -0.481 e. The Bertz CT molecular complexity index is 4310. The Morgan fingerprint density at radius 2 is 0.653 bits per heavy atom. The van der Waals surface area contributed by atoms with Crippen molar-refractivity contribution in [2.24, 2.45) is 69.2 Å². The molecule has 1 rings (SSSR count). The van der Waals surface area contributed by atoms with Gasteiger partial charge in [0.15, 0.2) is 41.7 Å². The number of likely N-dealkylation sites (tertiary alicyclic amines) is 1. The Kier molecular flexibility index (Phi) is 62.3. The summed E-state index contributed by atoms with van der Waals surface area (Å²) >= 11 is 1.30. The molecule has 0 aliphatic carbocycles. The lowest BCUT2D eigenvalue weighted by Crippen LogP contribution is -2.61. The number of carbonyl (C=O) groups excluding carboxylic acids is 16. The Morgan fingerprint density at radius 1 is 0.347 bits per heavy atom. The number of aliphatic carboxylic acids is 2. The van der Waals surface area contributed by atoms with Crippen LogP contribution in [0, 0.1) is 49.7 Å². The third-order valence-corrected chi connectivity index (χ3v) is 22.7. The summed E-state index contributed by atoms with van der Waals surface area (Å²) in [6.07, 6.45) is -0.780. The lowest BCUT2D eigenvalue weighted by Gasteiger charge is -2.31. The van der Waals surface area contributed by atoms with E-state index in [9.17, 15) is 96.8 Å². The smallest absolute Gasteiger partial charge is 0.326 e. The van der Waals surface area contributed by atoms with Crippen molar-refractivity contribution in [2.75, 3.05) is 84.1 Å². The average molecular weight is 2070 g/mol. The van der Waals surface area contributed by atoms with E-state index in [0.717, 1.165) is 0 Å². The van der Waals surface area contributed by atoms with Crippen molar-refractivity contribution in [2.45, 2.75) is 272 Å². The Balaban J connectivity index is 3.82. The number of primary amides is 1. The highest BCUT2D eigenvalue weighted by Gasteiger charge is 2.43. The number of rotatable bonds is 74. The molecule has 61 heteroatoms. The standard InChI is InChI=1S/C83H155N39O21S/c1-42(2)60(74(140)118-50(21-12-35-105-81(95)96)69(135)113-47(18-9-32-102-78(89)90)66(132)114-51(22-13-36-106-82(97)98)71(137)121-61(43(3)4)76(142)143)120-72(138)55(41-123)109-58(125)40-108-63(129)52(26-27-57(86)124)115-67(133)48(19-10-33-103-79(91)92)112-64(130)45(16-6-7-30-84)111-68(134)49(20-11-34-104-80(93)94)117-73(139)56-24-15-38-122(56)75(141)54(23-14-37-107-83(99)100)119-70(136)53(29-39-144-5)116-65(131)46(17-8-31-101-77(87)88)110-62(128)44(85)25-28-59(126)127/h42-56,60-61,123H,6-41,84-85H2,1-5H3,(H2,86,124)(H,108,129)(H,109,125)(H,110,128)(H,111,134)(H,112,130)(H,113,135)(H,114,132)(H,115,133)(H,116,131)(H,117,139)(H,118,140)(H,119,136)(H,120,138)(H,121,137)(H,126,127)(H,142,143)(H4,87,88,101)(H4,89,90,102)(H4,91,92,103)(H4,93,94,104)(H4,95,96,105)(H4,97,98,106)(H4,99,100,107)/t44-,45-,46-,47-,48-,49-,50-,51-,52-,53-,54-,55-,56-,60-,61-/m0/s1. The van der Waals surface area contributed by atoms with Crippen molar-refractivity contribution >= 4 is 160 Å². The third kappa shape index (κ3) is 54.0. The maximum absolute atomic E-state index is 15.0. The number of hydrogen-bond donors (Lipinski definition) is 41. The normalized spacial score (nSPS) is 14.9. The van der Waals surface area contributed by atoms with E-state index in [2.05, 4.69) is 112 Å². The van der Waals surface area contributed by atoms with Gasteiger partial charge in [-0.15, -0.1) is 0 Å². The summed E-state index contributed by atoms with van der Waals surface area (Å²) < 4.78 is 0. The van der Waals surface area contributed by atoms with Gasteiger partial charge in [0, 0.05) is 65.2 Å². The van der Waals surface area contributed by atoms with E-state index in [-0.39, 0.29) is 205 Å². The summed E-state index contributed by atoms with van der Waals surface area (Å²) in [4.78, 5) is 252. The second kappa shape index (κ2) is 70.3. The quantitative estimate of drug-likeness (QED) is 0.0153. The molecule has 1 aliphatic heterocycles. The summed E-state index contributed by atoms with van der Waals surface area (Å²) in [6, 6.07) is -22.9. The van der Waals surface area contributed by atoms with Crippen LogP contribution in [0.1, 0.15) is 182 Å². The topological polar surface area (TPSA) is 1050 Å². The molecule has 51 N–H and O–H groups in total. The van der Waals surface area contributed by atoms with Gasteiger partial charge in [0.1, 0.15) is 84.6 Å². The fourth-order valence-corrected chi connectivity index (χ4v) is 14.8. The van der Waals surface area contributed by atoms with Crippen LogP contribution in [0.5, 0.6) is 0 Å². The SMILES string of the molecule is CSCC[C@H](NC(=O)[C@H](CCCNC(=N)N)NC(=O)[C@@H](N)CCC(=O)O)C(=O)N[C@@H](CCCNC(=N)N)C(=O)N1CCC[C@H]1C(=O)N[C@@H](CCCNC(=N)N)C(=O)N[C@@H](CCCCN)C(=O)N[C@@H](CCCNC(=N)N)C(=O)N[C@@H](CCC(N)=O)C(=O)NCC(=O)N[C@@H](CO)C(=O)N[C@H](C(=O)N[C@@H](CCCNC(=N)N)C(=O)N[C@@H](CCCNC(=N)N)C(=O)N[C@@H](CCCNC(=N)N)C(=O)N[C@H](C(=O)O)C(C)C)C(C)C. The van der Waals surface area contributed by atoms with Gasteiger partial charge in [-0.05, 0) is 172 Å². The fourth-order valence-electron chi connectivity index (χ4n) is 14.3. The van der Waals surface area contributed by atoms with Crippen molar-refractivity contribution in [1.29, 1.82) is 37.9 Å². The molecule has 60 nitrogen and oxygen atoms in total. The lowest BCUT2D eigenvalue weighted by molar-refractivity contribution is -0.143. The molecule has 144 heavy (non-hydrogen) atoms. The molecule has 15 atom stereocenters. The monoisotopic (exact) mass is 2070 g/mol. The number of carboxylic acids is 2. The van der Waals surface area contributed by atoms with Crippen LogP contribution in [0.3, 0.4) is 0 Å². The molecule has 0 aromatic carbocycles. The number of thioether (sulfide) groups is 1. The summed E-state index contributed by atoms with van der Waals surface area (Å²) in [7, 11) is 0. The number of nitrogens with zero attached hydrogens (tertiary/aromatic N) is 1. The van der Waals surface area contributed by atoms with Crippen LogP contribution in [0.25, 0.3) is 0 Å². The molecule has 0 aromatic rings. The molecule has 1 aliphatic rings. The molecule has 0 unspecified atom stereocenters. The van der Waals surface area contributed by atoms with Crippen LogP contribution < -0.4 is 169 Å². The summed E-state index contributed by atoms with van der Waals surface area (Å²) in [5.41, 5.74) is 55.9. The van der Waals surface area contributed by atoms with Gasteiger partial charge < -0.3 is 189 Å². The van der Waals surface area contributed by atoms with Crippen molar-refractivity contribution < 1.29 is 102 Å². The molecule has 814 valence electrons. The minimum absolute atomic E-state index is 0.00392. The van der Waals surface area contributed by atoms with Crippen molar-refractivity contribution in [3.63, 3.8) is 0 Å². The van der Waals surface area contributed by atoms with Crippen LogP contribution in [-0.2, 0) is 86.3 Å². The highest BCUT2D eigenvalue weighted by Crippen LogP contribution is 2.22. The zero-order valence-corrected chi connectivity index (χ0v) is 82.9. The number of aliphatic hydroxyl groups excluding tert-OH is 1. The minimum atomic E-state index is -1.89. The number of nitrogens with two attached hydrogens (primary N) is 10. The fraction of sp³-hybridized carbons (Fsp3) is 0.699. The maximum atomic E-state index is 15.0. The Labute approximate surface area is 838 Å². The van der Waals surface area contributed by atoms with E-state index >= 15 is 4.79 Å². The molecule has 0 radical (unpaired) electrons. The highest BCUT2D eigenvalue weighted by atomic mass is 32.2. The largest absolute Gasteiger partial charge is 0.481 e. The molecular formula is C83H155N39O21S. The molecule has 0 saturated carbocycles. The van der Waals surface area contributed by atoms with Gasteiger partial charge in [-0.25, -0.2) is 4.79 Å². The number of nitrogens with one attached hydrogen (secondary N) is 28. The second-order valence-corrected chi connectivity index (χ2v) is 35.6. The highest BCUT2D eigenvalue weighted by molar-refractivity contribution is 7.98. The van der Waals surface area contributed by atoms with E-state index in [1.165, 1.54) is 44.4 Å². The summed E-state index contributed by atoms with van der Waals surface area (Å²) in [6.45, 7) is 3.85. The lowest BCUT2D eigenvalue weighted by atomic mass is 10.0. The van der Waals surface area contributed by atoms with Crippen molar-refractivity contribution in [1.82, 2.24) is 117 Å². The first-order chi connectivity index (χ1) is 67.9. The zero-order chi connectivity index (χ0) is 109. The Hall–Kier alpha value is -14.4. The number of aliphatic hydroxyl groups is 1. The third-order valence-electron chi connectivity index (χ3n) is 22.0. The van der Waals surface area contributed by atoms with E-state index in [1.54, 1.807) is 6.26 Å². The number of carboxylic acid groups (broad SMARTS) is 2. The summed E-state index contributed by atoms with van der Waals surface area (Å²) in [5, 5.41) is 136. The molecule has 1 heterocycles. The molecule has 1 saturated heterocycles. The molecule has 1 fully saturated rings. The van der Waals surface area contributed by atoms with Gasteiger partial charge in [-0.2, -0.15) is 11.8 Å². The summed E-state index contributed by atoms with van der Waals surface area (Å²) in [5.74, 6) is -22.7. The number of unbranched alkanes of at least 4 members (excludes halogenated alkanes) is 1. The van der Waals surface area contributed by atoms with E-state index in [4.69, 9.17) is 95.2 Å². The molecule has 0 spiro atoms. The van der Waals surface area contributed by atoms with E-state index in [0.29, 0.717) is 0 Å². The predicted molar refractivity (Wildman–Crippen MR) is 530 cm³/mol. The molecule has 0 bridgehead atoms. The maximum Gasteiger partial charge on any atom is 0.326 e. The molecule has 16 amide bonds. The molecular weight excluding hydrogens is 1910 g/mol. The van der Waals surface area contributed by atoms with Gasteiger partial charge in [0.25, 0.3) is 0 Å². The first-order valence-electron chi connectivity index (χ1n) is 47.2. The Morgan fingerprint density at radius 3 is 0.979 bits per heavy atom. The van der Waals surface area contributed by atoms with Crippen molar-refractivity contribution in [3.8, 4) is 0 Å². The number of guanidine groups is 7. The number of hydrogen-bond acceptors (Lipinski definition) is 29. The van der Waals surface area contributed by atoms with Gasteiger partial charge in [0.05, 0.1) is 19.2 Å². The van der Waals surface area contributed by atoms with Gasteiger partial charge >= 0.3 is 11.9 Å². The second-order valence-electron chi connectivity index (χ2n) is 34.6. The van der Waals surface area contributed by atoms with Gasteiger partial charge in [-0.1, -0.05) is 27.7 Å². The van der Waals surface area contributed by atoms with E-state index < -0.39 is 277 Å². The van der Waals surface area contributed by atoms with E-state index in [1.807, 2.05) is 0 Å². The number of amides is 16. The first-order valence-corrected chi connectivity index (χ1v) is 48.6. The molecule has 0 aromatic heterocycles. The first kappa shape index (κ1) is 128. The van der Waals surface area contributed by atoms with Crippen LogP contribution >= 0.6 is 11.8 Å². The van der Waals surface area contributed by atoms with Crippen LogP contribution in [-0.4, -0.2) is 343 Å². The van der Waals surface area contributed by atoms with Crippen molar-refractivity contribution in [3.05, 3.63) is 0 Å². The average Bonchev–Trinajstić information content (AvgIpc) is 1.66. The van der Waals surface area contributed by atoms with Gasteiger partial charge in [-0.3, -0.25) is 119 Å². The van der Waals surface area contributed by atoms with Crippen LogP contribution in [0.4, 0.5) is 0 Å².